The summed E-state index contributed by atoms with van der Waals surface area (Å²) in [6.45, 7) is 6.63. The monoisotopic (exact) mass is 249 g/mol. The van der Waals surface area contributed by atoms with E-state index in [9.17, 15) is 0 Å². The molecule has 0 spiro atoms. The predicted octanol–water partition coefficient (Wildman–Crippen LogP) is 3.97. The molecule has 1 heteroatoms. The summed E-state index contributed by atoms with van der Waals surface area (Å²) in [6, 6.07) is 16.0. The van der Waals surface area contributed by atoms with E-state index in [1.165, 1.54) is 5.56 Å². The molecule has 0 aromatic heterocycles. The largest absolute Gasteiger partial charge is 0.399 e. The second kappa shape index (κ2) is 5.20. The zero-order chi connectivity index (χ0) is 13.9. The Hall–Kier alpha value is -2.20. The van der Waals surface area contributed by atoms with Crippen molar-refractivity contribution in [2.24, 2.45) is 0 Å². The highest BCUT2D eigenvalue weighted by molar-refractivity contribution is 5.48. The Balaban J connectivity index is 2.19. The number of anilines is 1. The molecule has 0 atom stereocenters. The molecule has 1 nitrogen and oxygen atoms in total. The van der Waals surface area contributed by atoms with Crippen LogP contribution in [-0.4, -0.2) is 0 Å². The number of nitrogens with two attached hydrogens (primary N) is 1. The van der Waals surface area contributed by atoms with Gasteiger partial charge in [0.2, 0.25) is 0 Å². The first-order valence-corrected chi connectivity index (χ1v) is 6.43. The molecule has 96 valence electrons. The molecule has 2 N–H and O–H groups in total. The number of nitrogen functional groups attached to an aromatic ring is 1. The molecule has 0 heterocycles. The molecule has 0 saturated carbocycles. The van der Waals surface area contributed by atoms with Gasteiger partial charge in [-0.3, -0.25) is 0 Å². The van der Waals surface area contributed by atoms with Crippen LogP contribution in [0.15, 0.2) is 48.5 Å². The zero-order valence-electron chi connectivity index (χ0n) is 11.7. The van der Waals surface area contributed by atoms with E-state index in [0.29, 0.717) is 0 Å². The van der Waals surface area contributed by atoms with Gasteiger partial charge in [-0.15, -0.1) is 0 Å². The van der Waals surface area contributed by atoms with Crippen LogP contribution in [0.25, 0.3) is 0 Å². The standard InChI is InChI=1S/C18H19N/c1-18(2,3)16-10-6-14(7-11-16)4-5-15-8-12-17(19)13-9-15/h6-13H,19H2,1-3H3. The number of hydrogen-bond donors (Lipinski definition) is 1. The van der Waals surface area contributed by atoms with Crippen LogP contribution in [0.1, 0.15) is 37.5 Å². The predicted molar refractivity (Wildman–Crippen MR) is 82.0 cm³/mol. The summed E-state index contributed by atoms with van der Waals surface area (Å²) >= 11 is 0. The van der Waals surface area contributed by atoms with Gasteiger partial charge >= 0.3 is 0 Å². The second-order valence-corrected chi connectivity index (χ2v) is 5.70. The van der Waals surface area contributed by atoms with Gasteiger partial charge in [-0.25, -0.2) is 0 Å². The number of benzene rings is 2. The lowest BCUT2D eigenvalue weighted by Crippen LogP contribution is -2.10. The van der Waals surface area contributed by atoms with Crippen LogP contribution >= 0.6 is 0 Å². The van der Waals surface area contributed by atoms with Gasteiger partial charge in [0.25, 0.3) is 0 Å². The molecule has 2 rings (SSSR count). The van der Waals surface area contributed by atoms with Crippen LogP contribution in [0.5, 0.6) is 0 Å². The van der Waals surface area contributed by atoms with Crippen LogP contribution in [0, 0.1) is 11.8 Å². The topological polar surface area (TPSA) is 26.0 Å². The van der Waals surface area contributed by atoms with Crippen molar-refractivity contribution < 1.29 is 0 Å². The Morgan fingerprint density at radius 2 is 1.16 bits per heavy atom. The summed E-state index contributed by atoms with van der Waals surface area (Å²) in [5, 5.41) is 0. The lowest BCUT2D eigenvalue weighted by atomic mass is 9.87. The Labute approximate surface area is 115 Å². The van der Waals surface area contributed by atoms with E-state index < -0.39 is 0 Å². The molecule has 0 amide bonds. The molecule has 0 unspecified atom stereocenters. The first-order valence-electron chi connectivity index (χ1n) is 6.43. The molecule has 0 aliphatic heterocycles. The molecule has 0 saturated heterocycles. The summed E-state index contributed by atoms with van der Waals surface area (Å²) in [4.78, 5) is 0. The highest BCUT2D eigenvalue weighted by Gasteiger charge is 2.12. The van der Waals surface area contributed by atoms with E-state index >= 15 is 0 Å². The fourth-order valence-corrected chi connectivity index (χ4v) is 1.76. The van der Waals surface area contributed by atoms with Crippen molar-refractivity contribution in [3.8, 4) is 11.8 Å². The number of hydrogen-bond acceptors (Lipinski definition) is 1. The van der Waals surface area contributed by atoms with E-state index in [1.807, 2.05) is 24.3 Å². The second-order valence-electron chi connectivity index (χ2n) is 5.70. The molecule has 0 radical (unpaired) electrons. The average Bonchev–Trinajstić information content (AvgIpc) is 2.37. The summed E-state index contributed by atoms with van der Waals surface area (Å²) in [7, 11) is 0. The maximum absolute atomic E-state index is 5.64. The molecular formula is C18H19N. The normalized spacial score (nSPS) is 10.7. The summed E-state index contributed by atoms with van der Waals surface area (Å²) in [6.07, 6.45) is 0. The van der Waals surface area contributed by atoms with Gasteiger partial charge < -0.3 is 5.73 Å². The molecule has 2 aromatic rings. The van der Waals surface area contributed by atoms with Crippen LogP contribution in [-0.2, 0) is 5.41 Å². The third-order valence-corrected chi connectivity index (χ3v) is 3.01. The van der Waals surface area contributed by atoms with Gasteiger partial charge in [-0.05, 0) is 47.4 Å². The highest BCUT2D eigenvalue weighted by Crippen LogP contribution is 2.21. The Morgan fingerprint density at radius 1 is 0.737 bits per heavy atom. The lowest BCUT2D eigenvalue weighted by molar-refractivity contribution is 0.590. The van der Waals surface area contributed by atoms with Crippen molar-refractivity contribution in [1.29, 1.82) is 0 Å². The fourth-order valence-electron chi connectivity index (χ4n) is 1.76. The smallest absolute Gasteiger partial charge is 0.0314 e. The van der Waals surface area contributed by atoms with Crippen molar-refractivity contribution in [1.82, 2.24) is 0 Å². The van der Waals surface area contributed by atoms with E-state index in [-0.39, 0.29) is 5.41 Å². The molecule has 2 aromatic carbocycles. The van der Waals surface area contributed by atoms with E-state index in [0.717, 1.165) is 16.8 Å². The quantitative estimate of drug-likeness (QED) is 0.555. The van der Waals surface area contributed by atoms with Crippen molar-refractivity contribution >= 4 is 5.69 Å². The SMILES string of the molecule is CC(C)(C)c1ccc(C#Cc2ccc(N)cc2)cc1. The maximum Gasteiger partial charge on any atom is 0.0314 e. The van der Waals surface area contributed by atoms with Crippen molar-refractivity contribution in [3.63, 3.8) is 0 Å². The maximum atomic E-state index is 5.64. The minimum absolute atomic E-state index is 0.183. The van der Waals surface area contributed by atoms with Gasteiger partial charge in [0, 0.05) is 16.8 Å². The number of rotatable bonds is 0. The summed E-state index contributed by atoms with van der Waals surface area (Å²) < 4.78 is 0. The van der Waals surface area contributed by atoms with Gasteiger partial charge in [-0.1, -0.05) is 44.7 Å². The minimum atomic E-state index is 0.183. The Morgan fingerprint density at radius 3 is 1.58 bits per heavy atom. The molecule has 0 aliphatic rings. The molecule has 19 heavy (non-hydrogen) atoms. The van der Waals surface area contributed by atoms with Crippen LogP contribution in [0.4, 0.5) is 5.69 Å². The average molecular weight is 249 g/mol. The first-order chi connectivity index (χ1) is 8.95. The minimum Gasteiger partial charge on any atom is -0.399 e. The Kier molecular flexibility index (Phi) is 3.62. The van der Waals surface area contributed by atoms with Crippen molar-refractivity contribution in [3.05, 3.63) is 65.2 Å². The fraction of sp³-hybridized carbons (Fsp3) is 0.222. The molecular weight excluding hydrogens is 230 g/mol. The van der Waals surface area contributed by atoms with Gasteiger partial charge in [0.15, 0.2) is 0 Å². The van der Waals surface area contributed by atoms with Gasteiger partial charge in [0.05, 0.1) is 0 Å². The lowest BCUT2D eigenvalue weighted by Gasteiger charge is -2.18. The van der Waals surface area contributed by atoms with E-state index in [4.69, 9.17) is 5.73 Å². The van der Waals surface area contributed by atoms with Crippen molar-refractivity contribution in [2.75, 3.05) is 5.73 Å². The van der Waals surface area contributed by atoms with Crippen LogP contribution < -0.4 is 5.73 Å². The molecule has 0 bridgehead atoms. The summed E-state index contributed by atoms with van der Waals surface area (Å²) in [5.41, 5.74) is 9.93. The van der Waals surface area contributed by atoms with Crippen LogP contribution in [0.3, 0.4) is 0 Å². The third-order valence-electron chi connectivity index (χ3n) is 3.01. The van der Waals surface area contributed by atoms with E-state index in [1.54, 1.807) is 0 Å². The Bertz CT molecular complexity index is 602. The van der Waals surface area contributed by atoms with E-state index in [2.05, 4.69) is 56.9 Å². The van der Waals surface area contributed by atoms with Gasteiger partial charge in [-0.2, -0.15) is 0 Å². The zero-order valence-corrected chi connectivity index (χ0v) is 11.7. The molecule has 0 fully saturated rings. The third kappa shape index (κ3) is 3.63. The van der Waals surface area contributed by atoms with Crippen LogP contribution in [0.2, 0.25) is 0 Å². The highest BCUT2D eigenvalue weighted by atomic mass is 14.5. The van der Waals surface area contributed by atoms with Crippen molar-refractivity contribution in [2.45, 2.75) is 26.2 Å². The van der Waals surface area contributed by atoms with Gasteiger partial charge in [0.1, 0.15) is 0 Å². The summed E-state index contributed by atoms with van der Waals surface area (Å²) in [5.74, 6) is 6.31. The molecule has 0 aliphatic carbocycles. The first kappa shape index (κ1) is 13.2.